The maximum atomic E-state index is 12.1. The van der Waals surface area contributed by atoms with E-state index >= 15 is 0 Å². The Morgan fingerprint density at radius 2 is 2.22 bits per heavy atom. The van der Waals surface area contributed by atoms with E-state index in [9.17, 15) is 9.59 Å². The second kappa shape index (κ2) is 6.12. The smallest absolute Gasteiger partial charge is 0.277 e. The molecular formula is C16H17N3O4. The Hall–Kier alpha value is -2.83. The Balaban J connectivity index is 1.81. The number of aromatic nitrogens is 1. The minimum Gasteiger partial charge on any atom is -0.494 e. The predicted molar refractivity (Wildman–Crippen MR) is 83.8 cm³/mol. The summed E-state index contributed by atoms with van der Waals surface area (Å²) < 4.78 is 10.2. The molecular weight excluding hydrogens is 298 g/mol. The van der Waals surface area contributed by atoms with E-state index in [-0.39, 0.29) is 17.5 Å². The van der Waals surface area contributed by atoms with E-state index < -0.39 is 0 Å². The van der Waals surface area contributed by atoms with Crippen LogP contribution in [0, 0.1) is 6.92 Å². The van der Waals surface area contributed by atoms with Crippen molar-refractivity contribution < 1.29 is 18.8 Å². The number of nitrogens with one attached hydrogen (secondary N) is 1. The van der Waals surface area contributed by atoms with Crippen LogP contribution in [0.1, 0.15) is 29.1 Å². The van der Waals surface area contributed by atoms with Crippen molar-refractivity contribution in [2.45, 2.75) is 19.8 Å². The topological polar surface area (TPSA) is 84.7 Å². The van der Waals surface area contributed by atoms with E-state index in [0.717, 1.165) is 6.42 Å². The van der Waals surface area contributed by atoms with Crippen LogP contribution < -0.4 is 15.0 Å². The van der Waals surface area contributed by atoms with E-state index in [0.29, 0.717) is 35.9 Å². The van der Waals surface area contributed by atoms with Crippen molar-refractivity contribution in [2.24, 2.45) is 0 Å². The summed E-state index contributed by atoms with van der Waals surface area (Å²) in [5, 5.41) is 6.40. The average Bonchev–Trinajstić information content (AvgIpc) is 3.16. The van der Waals surface area contributed by atoms with Gasteiger partial charge in [0, 0.05) is 30.8 Å². The third kappa shape index (κ3) is 3.03. The lowest BCUT2D eigenvalue weighted by Crippen LogP contribution is -2.24. The van der Waals surface area contributed by atoms with Crippen LogP contribution in [0.5, 0.6) is 5.75 Å². The molecule has 23 heavy (non-hydrogen) atoms. The maximum absolute atomic E-state index is 12.1. The van der Waals surface area contributed by atoms with Gasteiger partial charge in [0.15, 0.2) is 5.69 Å². The monoisotopic (exact) mass is 315 g/mol. The number of rotatable bonds is 4. The van der Waals surface area contributed by atoms with Crippen molar-refractivity contribution in [2.75, 3.05) is 23.9 Å². The number of methoxy groups -OCH3 is 1. The SMILES string of the molecule is COc1cc(NC(=O)c2cc(C)on2)ccc1N1CCCC1=O. The lowest BCUT2D eigenvalue weighted by atomic mass is 10.2. The van der Waals surface area contributed by atoms with Gasteiger partial charge >= 0.3 is 0 Å². The molecule has 1 saturated heterocycles. The first-order valence-corrected chi connectivity index (χ1v) is 7.31. The van der Waals surface area contributed by atoms with Gasteiger partial charge in [-0.2, -0.15) is 0 Å². The van der Waals surface area contributed by atoms with Crippen molar-refractivity contribution in [1.29, 1.82) is 0 Å². The lowest BCUT2D eigenvalue weighted by Gasteiger charge is -2.19. The van der Waals surface area contributed by atoms with Crippen LogP contribution in [0.3, 0.4) is 0 Å². The summed E-state index contributed by atoms with van der Waals surface area (Å²) in [5.41, 5.74) is 1.48. The number of benzene rings is 1. The van der Waals surface area contributed by atoms with Gasteiger partial charge in [0.1, 0.15) is 11.5 Å². The van der Waals surface area contributed by atoms with Crippen LogP contribution in [-0.4, -0.2) is 30.6 Å². The van der Waals surface area contributed by atoms with Gasteiger partial charge in [-0.1, -0.05) is 5.16 Å². The largest absolute Gasteiger partial charge is 0.494 e. The van der Waals surface area contributed by atoms with Gasteiger partial charge in [0.05, 0.1) is 12.8 Å². The molecule has 0 saturated carbocycles. The molecule has 120 valence electrons. The van der Waals surface area contributed by atoms with Crippen LogP contribution in [0.4, 0.5) is 11.4 Å². The Morgan fingerprint density at radius 3 is 2.83 bits per heavy atom. The van der Waals surface area contributed by atoms with Crippen molar-refractivity contribution in [3.8, 4) is 5.75 Å². The minimum absolute atomic E-state index is 0.0816. The lowest BCUT2D eigenvalue weighted by molar-refractivity contribution is -0.117. The second-order valence-corrected chi connectivity index (χ2v) is 5.31. The van der Waals surface area contributed by atoms with Crippen molar-refractivity contribution >= 4 is 23.2 Å². The number of amides is 2. The average molecular weight is 315 g/mol. The molecule has 0 atom stereocenters. The van der Waals surface area contributed by atoms with Gasteiger partial charge in [0.2, 0.25) is 5.91 Å². The van der Waals surface area contributed by atoms with Gasteiger partial charge in [-0.25, -0.2) is 0 Å². The number of hydrogen-bond donors (Lipinski definition) is 1. The highest BCUT2D eigenvalue weighted by molar-refractivity contribution is 6.03. The molecule has 0 spiro atoms. The molecule has 1 aromatic carbocycles. The molecule has 7 heteroatoms. The van der Waals surface area contributed by atoms with E-state index in [1.54, 1.807) is 36.1 Å². The van der Waals surface area contributed by atoms with Crippen LogP contribution in [0.25, 0.3) is 0 Å². The van der Waals surface area contributed by atoms with Gasteiger partial charge in [0.25, 0.3) is 5.91 Å². The third-order valence-corrected chi connectivity index (χ3v) is 3.66. The van der Waals surface area contributed by atoms with Gasteiger partial charge < -0.3 is 19.5 Å². The van der Waals surface area contributed by atoms with Gasteiger partial charge in [-0.3, -0.25) is 9.59 Å². The Labute approximate surface area is 133 Å². The molecule has 0 radical (unpaired) electrons. The molecule has 1 fully saturated rings. The summed E-state index contributed by atoms with van der Waals surface area (Å²) >= 11 is 0. The second-order valence-electron chi connectivity index (χ2n) is 5.31. The number of ether oxygens (including phenoxy) is 1. The van der Waals surface area contributed by atoms with E-state index in [1.165, 1.54) is 7.11 Å². The first kappa shape index (κ1) is 15.1. The quantitative estimate of drug-likeness (QED) is 0.936. The number of anilines is 2. The molecule has 1 aliphatic rings. The Bertz CT molecular complexity index is 754. The van der Waals surface area contributed by atoms with E-state index in [4.69, 9.17) is 9.26 Å². The number of carbonyl (C=O) groups is 2. The first-order chi connectivity index (χ1) is 11.1. The summed E-state index contributed by atoms with van der Waals surface area (Å²) in [4.78, 5) is 25.7. The minimum atomic E-state index is -0.367. The molecule has 7 nitrogen and oxygen atoms in total. The highest BCUT2D eigenvalue weighted by Gasteiger charge is 2.24. The number of aryl methyl sites for hydroxylation is 1. The molecule has 2 heterocycles. The van der Waals surface area contributed by atoms with Crippen LogP contribution in [-0.2, 0) is 4.79 Å². The number of nitrogens with zero attached hydrogens (tertiary/aromatic N) is 2. The highest BCUT2D eigenvalue weighted by Crippen LogP contribution is 2.33. The zero-order chi connectivity index (χ0) is 16.4. The van der Waals surface area contributed by atoms with E-state index in [1.807, 2.05) is 0 Å². The van der Waals surface area contributed by atoms with Crippen molar-refractivity contribution in [1.82, 2.24) is 5.16 Å². The summed E-state index contributed by atoms with van der Waals surface area (Å²) in [5.74, 6) is 0.817. The van der Waals surface area contributed by atoms with Gasteiger partial charge in [-0.15, -0.1) is 0 Å². The summed E-state index contributed by atoms with van der Waals surface area (Å²) in [7, 11) is 1.53. The number of hydrogen-bond acceptors (Lipinski definition) is 5. The number of carbonyl (C=O) groups excluding carboxylic acids is 2. The molecule has 3 rings (SSSR count). The molecule has 1 aliphatic heterocycles. The predicted octanol–water partition coefficient (Wildman–Crippen LogP) is 2.37. The Kier molecular flexibility index (Phi) is 4.01. The zero-order valence-electron chi connectivity index (χ0n) is 13.0. The fourth-order valence-electron chi connectivity index (χ4n) is 2.55. The fraction of sp³-hybridized carbons (Fsp3) is 0.312. The summed E-state index contributed by atoms with van der Waals surface area (Å²) in [6, 6.07) is 6.75. The summed E-state index contributed by atoms with van der Waals surface area (Å²) in [6.45, 7) is 2.40. The molecule has 0 unspecified atom stereocenters. The molecule has 0 aliphatic carbocycles. The highest BCUT2D eigenvalue weighted by atomic mass is 16.5. The van der Waals surface area contributed by atoms with E-state index in [2.05, 4.69) is 10.5 Å². The normalized spacial score (nSPS) is 14.2. The van der Waals surface area contributed by atoms with Crippen LogP contribution in [0.2, 0.25) is 0 Å². The molecule has 2 aromatic rings. The molecule has 1 N–H and O–H groups in total. The zero-order valence-corrected chi connectivity index (χ0v) is 13.0. The van der Waals surface area contributed by atoms with Crippen molar-refractivity contribution in [3.05, 3.63) is 35.7 Å². The maximum Gasteiger partial charge on any atom is 0.277 e. The molecule has 1 aromatic heterocycles. The molecule has 0 bridgehead atoms. The summed E-state index contributed by atoms with van der Waals surface area (Å²) in [6.07, 6.45) is 1.39. The molecule has 2 amide bonds. The van der Waals surface area contributed by atoms with Crippen molar-refractivity contribution in [3.63, 3.8) is 0 Å². The standard InChI is InChI=1S/C16H17N3O4/c1-10-8-12(18-23-10)16(21)17-11-5-6-13(14(9-11)22-2)19-7-3-4-15(19)20/h5-6,8-9H,3-4,7H2,1-2H3,(H,17,21). The van der Waals surface area contributed by atoms with Gasteiger partial charge in [-0.05, 0) is 25.5 Å². The van der Waals surface area contributed by atoms with Crippen LogP contribution in [0.15, 0.2) is 28.8 Å². The van der Waals surface area contributed by atoms with Crippen LogP contribution >= 0.6 is 0 Å². The fourth-order valence-corrected chi connectivity index (χ4v) is 2.55. The first-order valence-electron chi connectivity index (χ1n) is 7.31. The third-order valence-electron chi connectivity index (χ3n) is 3.66. The Morgan fingerprint density at radius 1 is 1.39 bits per heavy atom.